The van der Waals surface area contributed by atoms with Crippen LogP contribution in [0, 0.1) is 0 Å². The molecule has 5 nitrogen and oxygen atoms in total. The van der Waals surface area contributed by atoms with Crippen LogP contribution in [0.5, 0.6) is 5.75 Å². The Morgan fingerprint density at radius 1 is 1.31 bits per heavy atom. The standard InChI is InChI=1S/C8H9NO4/c10-5-8(12)9(13)6-1-3-7(11)4-2-6/h1-4,10-11,13H,5H2. The summed E-state index contributed by atoms with van der Waals surface area (Å²) in [6.07, 6.45) is 0. The molecule has 0 aliphatic carbocycles. The van der Waals surface area contributed by atoms with Crippen molar-refractivity contribution in [2.75, 3.05) is 11.7 Å². The van der Waals surface area contributed by atoms with Gasteiger partial charge in [0, 0.05) is 0 Å². The molecule has 0 aliphatic heterocycles. The van der Waals surface area contributed by atoms with E-state index in [1.54, 1.807) is 0 Å². The number of nitrogens with zero attached hydrogens (tertiary/aromatic N) is 1. The molecule has 0 saturated carbocycles. The fourth-order valence-corrected chi connectivity index (χ4v) is 0.805. The minimum absolute atomic E-state index is 0.0357. The lowest BCUT2D eigenvalue weighted by molar-refractivity contribution is -0.126. The summed E-state index contributed by atoms with van der Waals surface area (Å²) in [7, 11) is 0. The molecule has 0 bridgehead atoms. The van der Waals surface area contributed by atoms with E-state index in [9.17, 15) is 4.79 Å². The van der Waals surface area contributed by atoms with Gasteiger partial charge in [-0.2, -0.15) is 5.06 Å². The van der Waals surface area contributed by atoms with E-state index < -0.39 is 12.5 Å². The van der Waals surface area contributed by atoms with Gasteiger partial charge < -0.3 is 10.2 Å². The number of carbonyl (C=O) groups excluding carboxylic acids is 1. The minimum Gasteiger partial charge on any atom is -0.508 e. The summed E-state index contributed by atoms with van der Waals surface area (Å²) >= 11 is 0. The van der Waals surface area contributed by atoms with E-state index in [-0.39, 0.29) is 11.4 Å². The molecule has 0 saturated heterocycles. The molecule has 0 radical (unpaired) electrons. The largest absolute Gasteiger partial charge is 0.508 e. The summed E-state index contributed by atoms with van der Waals surface area (Å²) in [5.41, 5.74) is 0.192. The van der Waals surface area contributed by atoms with E-state index >= 15 is 0 Å². The van der Waals surface area contributed by atoms with Crippen molar-refractivity contribution in [2.24, 2.45) is 0 Å². The van der Waals surface area contributed by atoms with Crippen LogP contribution in [0.3, 0.4) is 0 Å². The second-order valence-electron chi connectivity index (χ2n) is 2.38. The average Bonchev–Trinajstić information content (AvgIpc) is 2.17. The molecule has 5 heteroatoms. The van der Waals surface area contributed by atoms with Gasteiger partial charge in [-0.15, -0.1) is 0 Å². The highest BCUT2D eigenvalue weighted by Crippen LogP contribution is 2.16. The van der Waals surface area contributed by atoms with Crippen molar-refractivity contribution < 1.29 is 20.2 Å². The first-order valence-electron chi connectivity index (χ1n) is 3.57. The molecule has 0 aliphatic rings. The maximum Gasteiger partial charge on any atom is 0.276 e. The Morgan fingerprint density at radius 2 is 1.85 bits per heavy atom. The second-order valence-corrected chi connectivity index (χ2v) is 2.38. The van der Waals surface area contributed by atoms with Gasteiger partial charge in [-0.3, -0.25) is 10.0 Å². The lowest BCUT2D eigenvalue weighted by Gasteiger charge is -2.12. The summed E-state index contributed by atoms with van der Waals surface area (Å²) in [5, 5.41) is 26.8. The molecule has 0 fully saturated rings. The quantitative estimate of drug-likeness (QED) is 0.449. The molecule has 13 heavy (non-hydrogen) atoms. The third kappa shape index (κ3) is 2.17. The predicted octanol–water partition coefficient (Wildman–Crippen LogP) is 0.107. The van der Waals surface area contributed by atoms with E-state index in [4.69, 9.17) is 15.4 Å². The molecule has 0 aromatic heterocycles. The zero-order valence-corrected chi connectivity index (χ0v) is 6.71. The Balaban J connectivity index is 2.83. The van der Waals surface area contributed by atoms with E-state index in [0.717, 1.165) is 0 Å². The molecular formula is C8H9NO4. The summed E-state index contributed by atoms with van der Waals surface area (Å²) in [6, 6.07) is 5.35. The van der Waals surface area contributed by atoms with E-state index in [1.165, 1.54) is 24.3 Å². The van der Waals surface area contributed by atoms with Gasteiger partial charge in [0.2, 0.25) is 0 Å². The fourth-order valence-electron chi connectivity index (χ4n) is 0.805. The van der Waals surface area contributed by atoms with Crippen LogP contribution in [0.1, 0.15) is 0 Å². The highest BCUT2D eigenvalue weighted by atomic mass is 16.5. The molecule has 1 aromatic rings. The summed E-state index contributed by atoms with van der Waals surface area (Å²) < 4.78 is 0. The SMILES string of the molecule is O=C(CO)N(O)c1ccc(O)cc1. The smallest absolute Gasteiger partial charge is 0.276 e. The molecule has 1 rings (SSSR count). The van der Waals surface area contributed by atoms with Crippen molar-refractivity contribution >= 4 is 11.6 Å². The van der Waals surface area contributed by atoms with E-state index in [1.807, 2.05) is 0 Å². The third-order valence-electron chi connectivity index (χ3n) is 1.47. The molecule has 0 unspecified atom stereocenters. The van der Waals surface area contributed by atoms with Gasteiger partial charge in [0.25, 0.3) is 5.91 Å². The van der Waals surface area contributed by atoms with Gasteiger partial charge in [-0.05, 0) is 24.3 Å². The predicted molar refractivity (Wildman–Crippen MR) is 44.5 cm³/mol. The van der Waals surface area contributed by atoms with Crippen LogP contribution in [-0.4, -0.2) is 27.9 Å². The highest BCUT2D eigenvalue weighted by Gasteiger charge is 2.10. The first-order valence-corrected chi connectivity index (χ1v) is 3.57. The van der Waals surface area contributed by atoms with Crippen molar-refractivity contribution in [3.63, 3.8) is 0 Å². The lowest BCUT2D eigenvalue weighted by atomic mass is 10.3. The van der Waals surface area contributed by atoms with Gasteiger partial charge in [0.15, 0.2) is 0 Å². The van der Waals surface area contributed by atoms with Crippen LogP contribution in [0.4, 0.5) is 5.69 Å². The Morgan fingerprint density at radius 3 is 2.31 bits per heavy atom. The number of hydroxylamine groups is 1. The van der Waals surface area contributed by atoms with Gasteiger partial charge in [-0.25, -0.2) is 0 Å². The van der Waals surface area contributed by atoms with Crippen molar-refractivity contribution in [3.05, 3.63) is 24.3 Å². The number of amides is 1. The Bertz CT molecular complexity index is 296. The average molecular weight is 183 g/mol. The molecule has 0 spiro atoms. The number of aliphatic hydroxyl groups excluding tert-OH is 1. The fraction of sp³-hybridized carbons (Fsp3) is 0.125. The number of phenols is 1. The van der Waals surface area contributed by atoms with Crippen LogP contribution in [0.2, 0.25) is 0 Å². The number of carbonyl (C=O) groups is 1. The molecule has 1 amide bonds. The van der Waals surface area contributed by atoms with Crippen LogP contribution in [0.25, 0.3) is 0 Å². The Kier molecular flexibility index (Phi) is 2.84. The maximum absolute atomic E-state index is 10.8. The topological polar surface area (TPSA) is 81.0 Å². The monoisotopic (exact) mass is 183 g/mol. The normalized spacial score (nSPS) is 9.69. The molecule has 1 aromatic carbocycles. The van der Waals surface area contributed by atoms with Gasteiger partial charge >= 0.3 is 0 Å². The molecule has 3 N–H and O–H groups in total. The number of phenolic OH excluding ortho intramolecular Hbond substituents is 1. The van der Waals surface area contributed by atoms with Crippen molar-refractivity contribution in [3.8, 4) is 5.75 Å². The zero-order chi connectivity index (χ0) is 9.84. The van der Waals surface area contributed by atoms with Crippen LogP contribution in [-0.2, 0) is 4.79 Å². The summed E-state index contributed by atoms with van der Waals surface area (Å²) in [4.78, 5) is 10.8. The number of benzene rings is 1. The number of aromatic hydroxyl groups is 1. The second kappa shape index (κ2) is 3.88. The molecular weight excluding hydrogens is 174 g/mol. The Hall–Kier alpha value is -1.59. The number of anilines is 1. The maximum atomic E-state index is 10.8. The van der Waals surface area contributed by atoms with Crippen molar-refractivity contribution in [2.45, 2.75) is 0 Å². The number of hydrogen-bond donors (Lipinski definition) is 3. The van der Waals surface area contributed by atoms with E-state index in [0.29, 0.717) is 5.06 Å². The van der Waals surface area contributed by atoms with Crippen LogP contribution >= 0.6 is 0 Å². The van der Waals surface area contributed by atoms with Crippen LogP contribution < -0.4 is 5.06 Å². The first kappa shape index (κ1) is 9.50. The number of aliphatic hydroxyl groups is 1. The summed E-state index contributed by atoms with van der Waals surface area (Å²) in [5.74, 6) is -0.792. The Labute approximate surface area is 74.4 Å². The van der Waals surface area contributed by atoms with E-state index in [2.05, 4.69) is 0 Å². The third-order valence-corrected chi connectivity index (χ3v) is 1.47. The molecule has 70 valence electrons. The van der Waals surface area contributed by atoms with Crippen molar-refractivity contribution in [1.29, 1.82) is 0 Å². The minimum atomic E-state index is -0.828. The number of hydrogen-bond acceptors (Lipinski definition) is 4. The lowest BCUT2D eigenvalue weighted by Crippen LogP contribution is -2.29. The van der Waals surface area contributed by atoms with Gasteiger partial charge in [0.1, 0.15) is 12.4 Å². The van der Waals surface area contributed by atoms with Crippen molar-refractivity contribution in [1.82, 2.24) is 0 Å². The molecule has 0 atom stereocenters. The highest BCUT2D eigenvalue weighted by molar-refractivity contribution is 5.91. The van der Waals surface area contributed by atoms with Crippen LogP contribution in [0.15, 0.2) is 24.3 Å². The first-order chi connectivity index (χ1) is 6.15. The van der Waals surface area contributed by atoms with Gasteiger partial charge in [0.05, 0.1) is 5.69 Å². The number of rotatable bonds is 2. The molecule has 0 heterocycles. The van der Waals surface area contributed by atoms with Gasteiger partial charge in [-0.1, -0.05) is 0 Å². The zero-order valence-electron chi connectivity index (χ0n) is 6.71. The summed E-state index contributed by atoms with van der Waals surface area (Å²) in [6.45, 7) is -0.766.